The molecule has 5 nitrogen and oxygen atoms in total. The molecule has 0 aliphatic carbocycles. The molecule has 0 aliphatic rings. The fourth-order valence-corrected chi connectivity index (χ4v) is 2.51. The average Bonchev–Trinajstić information content (AvgIpc) is 2.62. The molecule has 0 unspecified atom stereocenters. The second-order valence-corrected chi connectivity index (χ2v) is 5.79. The number of benzene rings is 1. The minimum absolute atomic E-state index is 0.642. The summed E-state index contributed by atoms with van der Waals surface area (Å²) in [5.41, 5.74) is 0. The van der Waals surface area contributed by atoms with E-state index < -0.39 is 0 Å². The number of unbranched alkanes of at least 4 members (excludes halogenated alkanes) is 1. The number of para-hydroxylation sites is 1. The number of nitrogens with zero attached hydrogens (tertiary/aromatic N) is 3. The Bertz CT molecular complexity index is 446. The summed E-state index contributed by atoms with van der Waals surface area (Å²) in [5.74, 6) is 1.83. The molecular formula is C19H34N4O. The molecule has 1 rings (SSSR count). The van der Waals surface area contributed by atoms with Crippen LogP contribution in [0, 0.1) is 0 Å². The van der Waals surface area contributed by atoms with Crippen molar-refractivity contribution in [1.29, 1.82) is 0 Å². The number of rotatable bonds is 11. The minimum atomic E-state index is 0.642. The van der Waals surface area contributed by atoms with Crippen molar-refractivity contribution in [3.8, 4) is 5.75 Å². The lowest BCUT2D eigenvalue weighted by molar-refractivity contribution is 0.280. The summed E-state index contributed by atoms with van der Waals surface area (Å²) >= 11 is 0. The Hall–Kier alpha value is -1.75. The van der Waals surface area contributed by atoms with E-state index in [1.165, 1.54) is 13.0 Å². The lowest BCUT2D eigenvalue weighted by atomic mass is 10.3. The van der Waals surface area contributed by atoms with Crippen molar-refractivity contribution in [2.24, 2.45) is 4.99 Å². The van der Waals surface area contributed by atoms with E-state index in [4.69, 9.17) is 4.74 Å². The Morgan fingerprint density at radius 1 is 1.08 bits per heavy atom. The number of guanidine groups is 1. The molecule has 0 bridgehead atoms. The van der Waals surface area contributed by atoms with E-state index in [1.54, 1.807) is 0 Å². The number of hydrogen-bond acceptors (Lipinski definition) is 3. The summed E-state index contributed by atoms with van der Waals surface area (Å²) in [6, 6.07) is 9.91. The zero-order chi connectivity index (χ0) is 17.6. The molecule has 1 aromatic carbocycles. The van der Waals surface area contributed by atoms with E-state index in [9.17, 15) is 0 Å². The zero-order valence-electron chi connectivity index (χ0n) is 15.8. The van der Waals surface area contributed by atoms with Crippen molar-refractivity contribution >= 4 is 5.96 Å². The van der Waals surface area contributed by atoms with Gasteiger partial charge in [0, 0.05) is 20.6 Å². The number of ether oxygens (including phenoxy) is 1. The van der Waals surface area contributed by atoms with Crippen molar-refractivity contribution in [1.82, 2.24) is 15.1 Å². The molecule has 0 radical (unpaired) electrons. The highest BCUT2D eigenvalue weighted by Crippen LogP contribution is 2.07. The predicted molar refractivity (Wildman–Crippen MR) is 103 cm³/mol. The van der Waals surface area contributed by atoms with Crippen LogP contribution in [0.4, 0.5) is 0 Å². The van der Waals surface area contributed by atoms with Crippen LogP contribution in [-0.2, 0) is 0 Å². The molecule has 0 aliphatic heterocycles. The summed E-state index contributed by atoms with van der Waals surface area (Å²) in [4.78, 5) is 8.91. The third-order valence-corrected chi connectivity index (χ3v) is 4.09. The largest absolute Gasteiger partial charge is 0.492 e. The number of hydrogen-bond donors (Lipinski definition) is 1. The van der Waals surface area contributed by atoms with E-state index >= 15 is 0 Å². The van der Waals surface area contributed by atoms with Crippen LogP contribution in [0.1, 0.15) is 26.7 Å². The van der Waals surface area contributed by atoms with E-state index in [1.807, 2.05) is 44.4 Å². The van der Waals surface area contributed by atoms with Gasteiger partial charge in [-0.1, -0.05) is 32.0 Å². The lowest BCUT2D eigenvalue weighted by Crippen LogP contribution is -2.41. The van der Waals surface area contributed by atoms with Crippen LogP contribution in [0.3, 0.4) is 0 Å². The first-order valence-electron chi connectivity index (χ1n) is 9.03. The van der Waals surface area contributed by atoms with Gasteiger partial charge in [-0.2, -0.15) is 0 Å². The van der Waals surface area contributed by atoms with Gasteiger partial charge in [-0.25, -0.2) is 0 Å². The minimum Gasteiger partial charge on any atom is -0.492 e. The topological polar surface area (TPSA) is 40.1 Å². The van der Waals surface area contributed by atoms with Gasteiger partial charge in [-0.3, -0.25) is 4.99 Å². The average molecular weight is 335 g/mol. The van der Waals surface area contributed by atoms with Crippen LogP contribution >= 0.6 is 0 Å². The second kappa shape index (κ2) is 12.6. The molecule has 0 amide bonds. The zero-order valence-corrected chi connectivity index (χ0v) is 15.8. The highest BCUT2D eigenvalue weighted by molar-refractivity contribution is 5.79. The maximum absolute atomic E-state index is 5.74. The number of aliphatic imine (C=N–C) groups is 1. The highest BCUT2D eigenvalue weighted by atomic mass is 16.5. The number of likely N-dealkylation sites (N-methyl/N-ethyl adjacent to an activating group) is 1. The van der Waals surface area contributed by atoms with Gasteiger partial charge in [0.2, 0.25) is 0 Å². The third kappa shape index (κ3) is 8.20. The van der Waals surface area contributed by atoms with Gasteiger partial charge in [0.15, 0.2) is 5.96 Å². The van der Waals surface area contributed by atoms with Crippen LogP contribution < -0.4 is 10.1 Å². The predicted octanol–water partition coefficient (Wildman–Crippen LogP) is 2.69. The molecule has 24 heavy (non-hydrogen) atoms. The summed E-state index contributed by atoms with van der Waals surface area (Å²) in [5, 5.41) is 3.43. The third-order valence-electron chi connectivity index (χ3n) is 4.09. The van der Waals surface area contributed by atoms with Crippen LogP contribution in [-0.4, -0.2) is 69.2 Å². The van der Waals surface area contributed by atoms with Gasteiger partial charge in [-0.15, -0.1) is 0 Å². The Kier molecular flexibility index (Phi) is 10.7. The molecule has 0 atom stereocenters. The Morgan fingerprint density at radius 2 is 1.79 bits per heavy atom. The summed E-state index contributed by atoms with van der Waals surface area (Å²) in [6.07, 6.45) is 2.37. The lowest BCUT2D eigenvalue weighted by Gasteiger charge is -2.22. The number of nitrogens with one attached hydrogen (secondary N) is 1. The van der Waals surface area contributed by atoms with E-state index in [-0.39, 0.29) is 0 Å². The standard InChI is InChI=1S/C19H34N4O/c1-5-23(6-2)15-11-10-14-21-19(20-3)22(4)16-17-24-18-12-8-7-9-13-18/h7-9,12-13H,5-6,10-11,14-17H2,1-4H3,(H,20,21). The Balaban J connectivity index is 2.18. The van der Waals surface area contributed by atoms with Crippen LogP contribution in [0.15, 0.2) is 35.3 Å². The normalized spacial score (nSPS) is 11.6. The molecule has 0 heterocycles. The van der Waals surface area contributed by atoms with Crippen molar-refractivity contribution in [2.45, 2.75) is 26.7 Å². The molecule has 0 saturated carbocycles. The van der Waals surface area contributed by atoms with Gasteiger partial charge < -0.3 is 19.9 Å². The Labute approximate surface area is 147 Å². The highest BCUT2D eigenvalue weighted by Gasteiger charge is 2.05. The molecule has 1 N–H and O–H groups in total. The fraction of sp³-hybridized carbons (Fsp3) is 0.632. The van der Waals surface area contributed by atoms with Crippen LogP contribution in [0.2, 0.25) is 0 Å². The molecule has 0 fully saturated rings. The van der Waals surface area contributed by atoms with Gasteiger partial charge in [0.05, 0.1) is 6.54 Å². The second-order valence-electron chi connectivity index (χ2n) is 5.79. The van der Waals surface area contributed by atoms with E-state index in [2.05, 4.69) is 34.0 Å². The van der Waals surface area contributed by atoms with Gasteiger partial charge in [-0.05, 0) is 44.6 Å². The molecule has 1 aromatic rings. The first-order chi connectivity index (χ1) is 11.7. The SMILES string of the molecule is CCN(CC)CCCCNC(=NC)N(C)CCOc1ccccc1. The smallest absolute Gasteiger partial charge is 0.193 e. The van der Waals surface area contributed by atoms with E-state index in [0.717, 1.165) is 44.3 Å². The molecule has 5 heteroatoms. The fourth-order valence-electron chi connectivity index (χ4n) is 2.51. The molecule has 0 aromatic heterocycles. The van der Waals surface area contributed by atoms with Crippen molar-refractivity contribution in [3.63, 3.8) is 0 Å². The van der Waals surface area contributed by atoms with Crippen molar-refractivity contribution in [3.05, 3.63) is 30.3 Å². The Morgan fingerprint density at radius 3 is 2.42 bits per heavy atom. The van der Waals surface area contributed by atoms with E-state index in [0.29, 0.717) is 6.61 Å². The molecular weight excluding hydrogens is 300 g/mol. The summed E-state index contributed by atoms with van der Waals surface area (Å²) in [6.45, 7) is 10.3. The van der Waals surface area contributed by atoms with Crippen LogP contribution in [0.5, 0.6) is 5.75 Å². The van der Waals surface area contributed by atoms with Crippen molar-refractivity contribution in [2.75, 3.05) is 53.4 Å². The molecule has 136 valence electrons. The first-order valence-corrected chi connectivity index (χ1v) is 9.03. The van der Waals surface area contributed by atoms with Gasteiger partial charge >= 0.3 is 0 Å². The van der Waals surface area contributed by atoms with Gasteiger partial charge in [0.1, 0.15) is 12.4 Å². The summed E-state index contributed by atoms with van der Waals surface area (Å²) in [7, 11) is 3.87. The maximum Gasteiger partial charge on any atom is 0.193 e. The van der Waals surface area contributed by atoms with Gasteiger partial charge in [0.25, 0.3) is 0 Å². The van der Waals surface area contributed by atoms with Crippen molar-refractivity contribution < 1.29 is 4.74 Å². The monoisotopic (exact) mass is 334 g/mol. The summed E-state index contributed by atoms with van der Waals surface area (Å²) < 4.78 is 5.74. The van der Waals surface area contributed by atoms with Crippen LogP contribution in [0.25, 0.3) is 0 Å². The molecule has 0 saturated heterocycles. The first kappa shape index (κ1) is 20.3. The maximum atomic E-state index is 5.74. The quantitative estimate of drug-likeness (QED) is 0.384. The molecule has 0 spiro atoms.